The molecule has 0 saturated heterocycles. The summed E-state index contributed by atoms with van der Waals surface area (Å²) in [6.07, 6.45) is 1.24. The predicted molar refractivity (Wildman–Crippen MR) is 79.3 cm³/mol. The van der Waals surface area contributed by atoms with Crippen molar-refractivity contribution in [2.24, 2.45) is 5.41 Å². The van der Waals surface area contributed by atoms with Gasteiger partial charge in [-0.15, -0.1) is 0 Å². The summed E-state index contributed by atoms with van der Waals surface area (Å²) in [5.74, 6) is 0. The molecule has 0 aliphatic heterocycles. The average Bonchev–Trinajstić information content (AvgIpc) is 1.77. The Labute approximate surface area is 120 Å². The van der Waals surface area contributed by atoms with Crippen LogP contribution in [-0.4, -0.2) is 9.14 Å². The standard InChI is InChI=1S/C6H10ClN2.6ClH.Sb/c1-6(2,3)5(7)4-9-8;;;;;;;/h4H,1-3H3;6*1H;/q+1;;;;;;;+5/p-6/b5-4+;;;;;;;. The summed E-state index contributed by atoms with van der Waals surface area (Å²) >= 11 is 5.66. The number of hydrogen-bond acceptors (Lipinski definition) is 1. The van der Waals surface area contributed by atoms with Crippen LogP contribution < -0.4 is 0 Å². The molecule has 0 bridgehead atoms. The van der Waals surface area contributed by atoms with Gasteiger partial charge in [-0.1, -0.05) is 32.4 Å². The van der Waals surface area contributed by atoms with Crippen LogP contribution in [0.3, 0.4) is 0 Å². The zero-order valence-electron chi connectivity index (χ0n) is 8.56. The Morgan fingerprint density at radius 3 is 1.38 bits per heavy atom. The fraction of sp³-hybridized carbons (Fsp3) is 0.667. The maximum atomic E-state index is 8.06. The Hall–Kier alpha value is 2.01. The van der Waals surface area contributed by atoms with Crippen molar-refractivity contribution in [1.29, 1.82) is 5.39 Å². The monoisotopic (exact) mass is 476 g/mol. The van der Waals surface area contributed by atoms with Gasteiger partial charge in [-0.3, -0.25) is 0 Å². The molecule has 10 heteroatoms. The van der Waals surface area contributed by atoms with E-state index in [1.807, 2.05) is 20.8 Å². The molecule has 0 aromatic carbocycles. The first-order valence-electron chi connectivity index (χ1n) is 3.70. The second-order valence-corrected chi connectivity index (χ2v) is 61.1. The van der Waals surface area contributed by atoms with Gasteiger partial charge in [0.25, 0.3) is 0 Å². The zero-order valence-corrected chi connectivity index (χ0v) is 16.4. The van der Waals surface area contributed by atoms with Crippen molar-refractivity contribution in [3.8, 4) is 0 Å². The predicted octanol–water partition coefficient (Wildman–Crippen LogP) is 6.72. The number of rotatable bonds is 0. The van der Waals surface area contributed by atoms with E-state index in [0.717, 1.165) is 0 Å². The van der Waals surface area contributed by atoms with Crippen molar-refractivity contribution in [3.63, 3.8) is 0 Å². The van der Waals surface area contributed by atoms with Crippen LogP contribution in [0.25, 0.3) is 4.98 Å². The first-order valence-corrected chi connectivity index (χ1v) is 23.5. The van der Waals surface area contributed by atoms with Gasteiger partial charge in [-0.05, 0) is 0 Å². The third-order valence-corrected chi connectivity index (χ3v) is 1.55. The van der Waals surface area contributed by atoms with Crippen molar-refractivity contribution in [2.75, 3.05) is 0 Å². The van der Waals surface area contributed by atoms with E-state index in [9.17, 15) is 0 Å². The summed E-state index contributed by atoms with van der Waals surface area (Å²) in [5, 5.41) is 8.61. The Morgan fingerprint density at radius 2 is 1.31 bits per heavy atom. The van der Waals surface area contributed by atoms with E-state index in [0.29, 0.717) is 5.03 Å². The molecule has 0 unspecified atom stereocenters. The van der Waals surface area contributed by atoms with Gasteiger partial charge in [0.1, 0.15) is 5.03 Å². The minimum atomic E-state index is -5.42. The molecular formula is C6H10Cl7N2Sb. The zero-order chi connectivity index (χ0) is 13.9. The summed E-state index contributed by atoms with van der Waals surface area (Å²) in [6.45, 7) is 5.82. The molecule has 0 aromatic rings. The molecule has 0 amide bonds. The molecule has 98 valence electrons. The topological polar surface area (TPSA) is 28.1 Å². The molecule has 0 saturated carbocycles. The Bertz CT molecular complexity index is 302. The molecule has 0 rings (SSSR count). The fourth-order valence-corrected chi connectivity index (χ4v) is 0.288. The Morgan fingerprint density at radius 1 is 1.06 bits per heavy atom. The van der Waals surface area contributed by atoms with Gasteiger partial charge in [0.05, 0.1) is 0 Å². The van der Waals surface area contributed by atoms with Gasteiger partial charge < -0.3 is 0 Å². The number of diazo groups is 1. The van der Waals surface area contributed by atoms with Crippen molar-refractivity contribution in [3.05, 3.63) is 16.2 Å². The van der Waals surface area contributed by atoms with E-state index in [-0.39, 0.29) is 5.41 Å². The van der Waals surface area contributed by atoms with Crippen molar-refractivity contribution in [1.82, 2.24) is 0 Å². The van der Waals surface area contributed by atoms with Crippen LogP contribution in [0.5, 0.6) is 0 Å². The summed E-state index contributed by atoms with van der Waals surface area (Å²) in [5.41, 5.74) is -0.117. The van der Waals surface area contributed by atoms with Crippen LogP contribution in [-0.2, 0) is 0 Å². The quantitative estimate of drug-likeness (QED) is 0.280. The van der Waals surface area contributed by atoms with Gasteiger partial charge in [-0.2, -0.15) is 0 Å². The normalized spacial score (nSPS) is 17.4. The summed E-state index contributed by atoms with van der Waals surface area (Å²) in [6, 6.07) is 0. The maximum absolute atomic E-state index is 8.06. The third-order valence-electron chi connectivity index (χ3n) is 0.888. The molecule has 0 heterocycles. The van der Waals surface area contributed by atoms with Crippen molar-refractivity contribution < 1.29 is 0 Å². The molecule has 0 spiro atoms. The Balaban J connectivity index is 0. The van der Waals surface area contributed by atoms with Gasteiger partial charge in [-0.25, -0.2) is 0 Å². The van der Waals surface area contributed by atoms with E-state index >= 15 is 0 Å². The molecule has 16 heavy (non-hydrogen) atoms. The van der Waals surface area contributed by atoms with E-state index in [2.05, 4.69) is 4.98 Å². The molecule has 2 nitrogen and oxygen atoms in total. The minimum absolute atomic E-state index is 0.117. The van der Waals surface area contributed by atoms with Crippen molar-refractivity contribution in [2.45, 2.75) is 20.8 Å². The molecule has 0 atom stereocenters. The molecule has 0 fully saturated rings. The van der Waals surface area contributed by atoms with Crippen LogP contribution in [0.4, 0.5) is 0 Å². The van der Waals surface area contributed by atoms with Crippen LogP contribution >= 0.6 is 64.6 Å². The molecular weight excluding hydrogens is 470 g/mol. The van der Waals surface area contributed by atoms with Gasteiger partial charge in [0.15, 0.2) is 4.98 Å². The van der Waals surface area contributed by atoms with Gasteiger partial charge in [0.2, 0.25) is 5.39 Å². The van der Waals surface area contributed by atoms with E-state index in [1.165, 1.54) is 6.20 Å². The van der Waals surface area contributed by atoms with E-state index < -0.39 is 9.14 Å². The number of hydrogen-bond donors (Lipinski definition) is 0. The molecule has 0 radical (unpaired) electrons. The van der Waals surface area contributed by atoms with Gasteiger partial charge in [0, 0.05) is 5.41 Å². The summed E-state index contributed by atoms with van der Waals surface area (Å²) in [4.78, 5) is 2.81. The SMILES string of the molecule is CC(C)(C)/C(Cl)=C\[N+]#N.[Cl][Sb-]([Cl])([Cl])([Cl])([Cl])[Cl]. The fourth-order valence-electron chi connectivity index (χ4n) is 0.244. The molecule has 0 aliphatic carbocycles. The summed E-state index contributed by atoms with van der Waals surface area (Å²) < 4.78 is 0. The molecule has 0 aromatic heterocycles. The van der Waals surface area contributed by atoms with E-state index in [1.54, 1.807) is 0 Å². The second kappa shape index (κ2) is 5.56. The van der Waals surface area contributed by atoms with Crippen LogP contribution in [0.1, 0.15) is 20.8 Å². The summed E-state index contributed by atoms with van der Waals surface area (Å²) in [7, 11) is 25.0. The van der Waals surface area contributed by atoms with Crippen LogP contribution in [0, 0.1) is 10.8 Å². The van der Waals surface area contributed by atoms with Crippen LogP contribution in [0.2, 0.25) is 0 Å². The third kappa shape index (κ3) is 29.8. The van der Waals surface area contributed by atoms with Crippen molar-refractivity contribution >= 4 is 73.7 Å². The molecule has 0 N–H and O–H groups in total. The van der Waals surface area contributed by atoms with Gasteiger partial charge >= 0.3 is 68.3 Å². The Kier molecular flexibility index (Phi) is 7.06. The second-order valence-electron chi connectivity index (χ2n) is 3.80. The van der Waals surface area contributed by atoms with E-state index in [4.69, 9.17) is 70.0 Å². The number of halogens is 7. The molecule has 0 aliphatic rings. The first-order chi connectivity index (χ1) is 6.43. The average molecular weight is 480 g/mol. The first kappa shape index (κ1) is 20.3. The number of nitrogens with zero attached hydrogens (tertiary/aromatic N) is 2. The van der Waals surface area contributed by atoms with Crippen LogP contribution in [0.15, 0.2) is 11.2 Å². The number of allylic oxidation sites excluding steroid dienone is 1.